The highest BCUT2D eigenvalue weighted by Crippen LogP contribution is 2.20. The van der Waals surface area contributed by atoms with E-state index < -0.39 is 0 Å². The summed E-state index contributed by atoms with van der Waals surface area (Å²) in [5, 5.41) is 0.487. The Hall–Kier alpha value is 0.850. The molecule has 0 saturated carbocycles. The summed E-state index contributed by atoms with van der Waals surface area (Å²) in [6.07, 6.45) is 9.16. The average Bonchev–Trinajstić information content (AvgIpc) is 2.56. The van der Waals surface area contributed by atoms with Crippen molar-refractivity contribution in [2.24, 2.45) is 0 Å². The van der Waals surface area contributed by atoms with Gasteiger partial charge in [-0.05, 0) is 62.9 Å². The lowest BCUT2D eigenvalue weighted by molar-refractivity contribution is 0.0907. The number of thioether (sulfide) groups is 1. The maximum atomic E-state index is 6.37. The third-order valence-electron chi connectivity index (χ3n) is 4.23. The minimum Gasteiger partial charge on any atom is -0.381 e. The molecule has 0 heterocycles. The molecule has 0 aromatic heterocycles. The molecular weight excluding hydrogens is 351 g/mol. The average molecular weight is 387 g/mol. The van der Waals surface area contributed by atoms with Crippen molar-refractivity contribution in [3.05, 3.63) is 0 Å². The van der Waals surface area contributed by atoms with Crippen molar-refractivity contribution in [3.8, 4) is 0 Å². The van der Waals surface area contributed by atoms with E-state index in [-0.39, 0.29) is 10.8 Å². The van der Waals surface area contributed by atoms with Crippen LogP contribution in [-0.2, 0) is 9.47 Å². The molecule has 0 amide bonds. The summed E-state index contributed by atoms with van der Waals surface area (Å²) in [5.41, 5.74) is 0. The Morgan fingerprint density at radius 1 is 0.783 bits per heavy atom. The monoisotopic (exact) mass is 386 g/mol. The smallest absolute Gasteiger partial charge is 0.0582 e. The second kappa shape index (κ2) is 16.3. The summed E-state index contributed by atoms with van der Waals surface area (Å²) in [5.74, 6) is 2.38. The van der Waals surface area contributed by atoms with E-state index in [2.05, 4.69) is 13.8 Å². The van der Waals surface area contributed by atoms with E-state index in [1.54, 1.807) is 14.2 Å². The van der Waals surface area contributed by atoms with Gasteiger partial charge in [-0.25, -0.2) is 0 Å². The Morgan fingerprint density at radius 2 is 1.17 bits per heavy atom. The van der Waals surface area contributed by atoms with Crippen LogP contribution >= 0.6 is 35.0 Å². The number of ether oxygens (including phenoxy) is 2. The maximum Gasteiger partial charge on any atom is 0.0582 e. The van der Waals surface area contributed by atoms with Crippen LogP contribution in [0.4, 0.5) is 0 Å². The summed E-state index contributed by atoms with van der Waals surface area (Å²) in [6.45, 7) is 4.29. The Balaban J connectivity index is 3.48. The first-order valence-electron chi connectivity index (χ1n) is 8.98. The Kier molecular flexibility index (Phi) is 16.9. The second-order valence-electron chi connectivity index (χ2n) is 6.09. The van der Waals surface area contributed by atoms with Gasteiger partial charge in [0.15, 0.2) is 0 Å². The normalized spacial score (nSPS) is 17.0. The van der Waals surface area contributed by atoms with E-state index in [9.17, 15) is 0 Å². The molecule has 0 aromatic carbocycles. The third kappa shape index (κ3) is 13.8. The number of alkyl halides is 2. The standard InChI is InChI=1S/C18H36Cl2O2S/c1-5-17(21-3)13-15(19)9-7-11-23-12-8-10-16(20)14-18(6-2)22-4/h15-18H,5-14H2,1-4H3. The molecule has 0 aromatic rings. The molecule has 5 heteroatoms. The van der Waals surface area contributed by atoms with Crippen LogP contribution in [0.25, 0.3) is 0 Å². The van der Waals surface area contributed by atoms with Crippen molar-refractivity contribution < 1.29 is 9.47 Å². The predicted octanol–water partition coefficient (Wildman–Crippen LogP) is 6.13. The van der Waals surface area contributed by atoms with Gasteiger partial charge in [0.2, 0.25) is 0 Å². The number of methoxy groups -OCH3 is 2. The minimum atomic E-state index is 0.243. The van der Waals surface area contributed by atoms with Gasteiger partial charge in [-0.15, -0.1) is 23.2 Å². The van der Waals surface area contributed by atoms with E-state index in [4.69, 9.17) is 32.7 Å². The molecule has 0 N–H and O–H groups in total. The zero-order valence-electron chi connectivity index (χ0n) is 15.4. The number of rotatable bonds is 16. The highest BCUT2D eigenvalue weighted by atomic mass is 35.5. The van der Waals surface area contributed by atoms with Gasteiger partial charge in [-0.3, -0.25) is 0 Å². The van der Waals surface area contributed by atoms with Crippen LogP contribution in [0, 0.1) is 0 Å². The van der Waals surface area contributed by atoms with E-state index >= 15 is 0 Å². The van der Waals surface area contributed by atoms with Gasteiger partial charge in [0.05, 0.1) is 12.2 Å². The SMILES string of the molecule is CCC(CC(Cl)CCCSCCCC(Cl)CC(CC)OC)OC. The first-order valence-corrected chi connectivity index (χ1v) is 11.0. The van der Waals surface area contributed by atoms with E-state index in [0.29, 0.717) is 12.2 Å². The molecule has 0 aliphatic heterocycles. The first kappa shape index (κ1) is 23.9. The number of hydrogen-bond acceptors (Lipinski definition) is 3. The molecule has 0 radical (unpaired) electrons. The lowest BCUT2D eigenvalue weighted by atomic mass is 10.1. The highest BCUT2D eigenvalue weighted by Gasteiger charge is 2.13. The van der Waals surface area contributed by atoms with Crippen LogP contribution in [-0.4, -0.2) is 48.7 Å². The molecule has 0 rings (SSSR count). The Labute approximate surface area is 158 Å². The van der Waals surface area contributed by atoms with Gasteiger partial charge in [-0.1, -0.05) is 13.8 Å². The molecule has 4 atom stereocenters. The lowest BCUT2D eigenvalue weighted by Crippen LogP contribution is -2.15. The summed E-state index contributed by atoms with van der Waals surface area (Å²) < 4.78 is 10.8. The fourth-order valence-electron chi connectivity index (χ4n) is 2.58. The van der Waals surface area contributed by atoms with Crippen molar-refractivity contribution >= 4 is 35.0 Å². The van der Waals surface area contributed by atoms with Gasteiger partial charge >= 0.3 is 0 Å². The van der Waals surface area contributed by atoms with Crippen LogP contribution < -0.4 is 0 Å². The Morgan fingerprint density at radius 3 is 1.48 bits per heavy atom. The fourth-order valence-corrected chi connectivity index (χ4v) is 4.23. The summed E-state index contributed by atoms with van der Waals surface area (Å²) in [6, 6.07) is 0. The topological polar surface area (TPSA) is 18.5 Å². The number of halogens is 2. The highest BCUT2D eigenvalue weighted by molar-refractivity contribution is 7.99. The molecule has 23 heavy (non-hydrogen) atoms. The van der Waals surface area contributed by atoms with Crippen molar-refractivity contribution in [2.75, 3.05) is 25.7 Å². The van der Waals surface area contributed by atoms with Crippen LogP contribution in [0.3, 0.4) is 0 Å². The van der Waals surface area contributed by atoms with Gasteiger partial charge in [-0.2, -0.15) is 11.8 Å². The maximum absolute atomic E-state index is 6.37. The van der Waals surface area contributed by atoms with Crippen LogP contribution in [0.2, 0.25) is 0 Å². The van der Waals surface area contributed by atoms with Gasteiger partial charge in [0.25, 0.3) is 0 Å². The third-order valence-corrected chi connectivity index (χ3v) is 6.17. The lowest BCUT2D eigenvalue weighted by Gasteiger charge is -2.17. The summed E-state index contributed by atoms with van der Waals surface area (Å²) in [4.78, 5) is 0. The second-order valence-corrected chi connectivity index (χ2v) is 8.55. The van der Waals surface area contributed by atoms with Crippen molar-refractivity contribution in [1.82, 2.24) is 0 Å². The zero-order valence-corrected chi connectivity index (χ0v) is 17.7. The first-order chi connectivity index (χ1) is 11.1. The predicted molar refractivity (Wildman–Crippen MR) is 106 cm³/mol. The Bertz CT molecular complexity index is 225. The molecule has 0 bridgehead atoms. The molecule has 4 unspecified atom stereocenters. The minimum absolute atomic E-state index is 0.243. The molecular formula is C18H36Cl2O2S. The molecule has 0 aliphatic rings. The molecule has 2 nitrogen and oxygen atoms in total. The number of hydrogen-bond donors (Lipinski definition) is 0. The molecule has 0 saturated heterocycles. The van der Waals surface area contributed by atoms with Crippen molar-refractivity contribution in [1.29, 1.82) is 0 Å². The summed E-state index contributed by atoms with van der Waals surface area (Å²) >= 11 is 14.8. The largest absolute Gasteiger partial charge is 0.381 e. The van der Waals surface area contributed by atoms with Gasteiger partial charge in [0.1, 0.15) is 0 Å². The fraction of sp³-hybridized carbons (Fsp3) is 1.00. The van der Waals surface area contributed by atoms with Crippen molar-refractivity contribution in [2.45, 2.75) is 88.2 Å². The van der Waals surface area contributed by atoms with E-state index in [1.807, 2.05) is 11.8 Å². The van der Waals surface area contributed by atoms with E-state index in [1.165, 1.54) is 24.3 Å². The van der Waals surface area contributed by atoms with Crippen LogP contribution in [0.5, 0.6) is 0 Å². The summed E-state index contributed by atoms with van der Waals surface area (Å²) in [7, 11) is 3.54. The van der Waals surface area contributed by atoms with Crippen LogP contribution in [0.15, 0.2) is 0 Å². The van der Waals surface area contributed by atoms with E-state index in [0.717, 1.165) is 38.5 Å². The van der Waals surface area contributed by atoms with Gasteiger partial charge in [0, 0.05) is 25.0 Å². The zero-order chi connectivity index (χ0) is 17.5. The molecule has 0 aliphatic carbocycles. The van der Waals surface area contributed by atoms with Crippen LogP contribution in [0.1, 0.15) is 65.2 Å². The molecule has 140 valence electrons. The molecule has 0 spiro atoms. The van der Waals surface area contributed by atoms with Crippen molar-refractivity contribution in [3.63, 3.8) is 0 Å². The van der Waals surface area contributed by atoms with Gasteiger partial charge < -0.3 is 9.47 Å². The quantitative estimate of drug-likeness (QED) is 0.235. The molecule has 0 fully saturated rings.